The molecule has 3 rings (SSSR count). The number of rotatable bonds is 11. The van der Waals surface area contributed by atoms with E-state index in [0.717, 1.165) is 21.0 Å². The topological polar surface area (TPSA) is 86.8 Å². The monoisotopic (exact) mass is 569 g/mol. The van der Waals surface area contributed by atoms with Crippen molar-refractivity contribution >= 4 is 39.1 Å². The van der Waals surface area contributed by atoms with Gasteiger partial charge in [0.15, 0.2) is 0 Å². The predicted octanol–water partition coefficient (Wildman–Crippen LogP) is 5.48. The third-order valence-corrected chi connectivity index (χ3v) is 8.34. The van der Waals surface area contributed by atoms with Crippen LogP contribution in [0.15, 0.2) is 77.7 Å². The number of nitrogens with zero attached hydrogens (tertiary/aromatic N) is 2. The zero-order valence-electron chi connectivity index (χ0n) is 23.0. The van der Waals surface area contributed by atoms with Crippen molar-refractivity contribution in [2.75, 3.05) is 10.8 Å². The Morgan fingerprint density at radius 1 is 0.949 bits per heavy atom. The van der Waals surface area contributed by atoms with E-state index in [1.54, 1.807) is 48.5 Å². The summed E-state index contributed by atoms with van der Waals surface area (Å²) in [5, 5.41) is 3.45. The summed E-state index contributed by atoms with van der Waals surface area (Å²) in [5.74, 6) is -0.783. The Bertz CT molecular complexity index is 1390. The molecule has 0 unspecified atom stereocenters. The number of carbonyl (C=O) groups is 2. The largest absolute Gasteiger partial charge is 0.352 e. The number of amides is 2. The number of sulfonamides is 1. The summed E-state index contributed by atoms with van der Waals surface area (Å²) in [6.07, 6.45) is 0.354. The molecule has 0 aliphatic heterocycles. The van der Waals surface area contributed by atoms with E-state index >= 15 is 0 Å². The summed E-state index contributed by atoms with van der Waals surface area (Å²) >= 11 is 6.06. The second kappa shape index (κ2) is 13.1. The Balaban J connectivity index is 2.08. The number of carbonyl (C=O) groups excluding carboxylic acids is 2. The van der Waals surface area contributed by atoms with Crippen LogP contribution in [0.1, 0.15) is 43.9 Å². The number of nitrogens with one attached hydrogen (secondary N) is 1. The molecule has 208 valence electrons. The predicted molar refractivity (Wildman–Crippen MR) is 156 cm³/mol. The zero-order chi connectivity index (χ0) is 28.7. The van der Waals surface area contributed by atoms with E-state index in [1.165, 1.54) is 17.0 Å². The molecule has 0 radical (unpaired) electrons. The fourth-order valence-corrected chi connectivity index (χ4v) is 6.03. The lowest BCUT2D eigenvalue weighted by Crippen LogP contribution is -2.53. The molecule has 9 heteroatoms. The maximum Gasteiger partial charge on any atom is 0.264 e. The Labute approximate surface area is 236 Å². The maximum atomic E-state index is 14.1. The van der Waals surface area contributed by atoms with Crippen LogP contribution in [0.2, 0.25) is 5.02 Å². The minimum absolute atomic E-state index is 0.0756. The molecule has 1 N–H and O–H groups in total. The number of benzene rings is 3. The van der Waals surface area contributed by atoms with Crippen molar-refractivity contribution < 1.29 is 18.0 Å². The standard InChI is InChI=1S/C30H36ClN3O4S/c1-6-27(30(36)32-21(2)3)33(19-24-13-15-25(31)16-14-24)29(35)20-34(28-17-12-22(4)18-23(28)5)39(37,38)26-10-8-7-9-11-26/h7-18,21,27H,6,19-20H2,1-5H3,(H,32,36)/t27-/m0/s1. The Morgan fingerprint density at radius 3 is 2.15 bits per heavy atom. The Hall–Kier alpha value is -3.36. The van der Waals surface area contributed by atoms with Gasteiger partial charge in [-0.15, -0.1) is 0 Å². The molecule has 0 heterocycles. The molecular formula is C30H36ClN3O4S. The van der Waals surface area contributed by atoms with Crippen molar-refractivity contribution in [2.45, 2.75) is 64.6 Å². The van der Waals surface area contributed by atoms with Gasteiger partial charge in [0, 0.05) is 17.6 Å². The highest BCUT2D eigenvalue weighted by Gasteiger charge is 2.34. The van der Waals surface area contributed by atoms with Crippen LogP contribution in [0, 0.1) is 13.8 Å². The Morgan fingerprint density at radius 2 is 1.59 bits per heavy atom. The van der Waals surface area contributed by atoms with Gasteiger partial charge in [0.05, 0.1) is 10.6 Å². The van der Waals surface area contributed by atoms with Gasteiger partial charge in [-0.1, -0.05) is 66.6 Å². The van der Waals surface area contributed by atoms with Crippen LogP contribution < -0.4 is 9.62 Å². The number of anilines is 1. The van der Waals surface area contributed by atoms with E-state index in [4.69, 9.17) is 11.6 Å². The smallest absolute Gasteiger partial charge is 0.264 e. The van der Waals surface area contributed by atoms with Crippen molar-refractivity contribution in [3.05, 3.63) is 94.5 Å². The third-order valence-electron chi connectivity index (χ3n) is 6.31. The first kappa shape index (κ1) is 30.2. The lowest BCUT2D eigenvalue weighted by molar-refractivity contribution is -0.140. The van der Waals surface area contributed by atoms with Crippen LogP contribution >= 0.6 is 11.6 Å². The van der Waals surface area contributed by atoms with Gasteiger partial charge in [-0.05, 0) is 75.6 Å². The molecule has 0 aliphatic rings. The molecular weight excluding hydrogens is 534 g/mol. The SMILES string of the molecule is CC[C@@H](C(=O)NC(C)C)N(Cc1ccc(Cl)cc1)C(=O)CN(c1ccc(C)cc1C)S(=O)(=O)c1ccccc1. The van der Waals surface area contributed by atoms with Crippen LogP contribution in [0.3, 0.4) is 0 Å². The van der Waals surface area contributed by atoms with Crippen LogP contribution in [0.5, 0.6) is 0 Å². The van der Waals surface area contributed by atoms with Gasteiger partial charge >= 0.3 is 0 Å². The van der Waals surface area contributed by atoms with Gasteiger partial charge in [0.2, 0.25) is 11.8 Å². The van der Waals surface area contributed by atoms with E-state index in [0.29, 0.717) is 17.1 Å². The number of aryl methyl sites for hydroxylation is 2. The molecule has 2 amide bonds. The summed E-state index contributed by atoms with van der Waals surface area (Å²) in [6, 6.07) is 19.5. The molecule has 0 fully saturated rings. The molecule has 39 heavy (non-hydrogen) atoms. The molecule has 0 bridgehead atoms. The van der Waals surface area contributed by atoms with Gasteiger partial charge in [-0.25, -0.2) is 8.42 Å². The molecule has 0 aromatic heterocycles. The van der Waals surface area contributed by atoms with E-state index < -0.39 is 28.5 Å². The summed E-state index contributed by atoms with van der Waals surface area (Å²) in [6.45, 7) is 8.91. The summed E-state index contributed by atoms with van der Waals surface area (Å²) in [4.78, 5) is 28.8. The van der Waals surface area contributed by atoms with Crippen LogP contribution in [0.4, 0.5) is 5.69 Å². The summed E-state index contributed by atoms with van der Waals surface area (Å²) in [5.41, 5.74) is 2.87. The molecule has 1 atom stereocenters. The van der Waals surface area contributed by atoms with Crippen molar-refractivity contribution in [2.24, 2.45) is 0 Å². The molecule has 0 saturated heterocycles. The zero-order valence-corrected chi connectivity index (χ0v) is 24.6. The number of hydrogen-bond donors (Lipinski definition) is 1. The van der Waals surface area contributed by atoms with Crippen LogP contribution in [0.25, 0.3) is 0 Å². The van der Waals surface area contributed by atoms with Crippen molar-refractivity contribution in [3.8, 4) is 0 Å². The third kappa shape index (κ3) is 7.61. The number of halogens is 1. The van der Waals surface area contributed by atoms with Crippen molar-refractivity contribution in [3.63, 3.8) is 0 Å². The lowest BCUT2D eigenvalue weighted by Gasteiger charge is -2.34. The van der Waals surface area contributed by atoms with E-state index in [-0.39, 0.29) is 23.4 Å². The molecule has 0 spiro atoms. The fourth-order valence-electron chi connectivity index (χ4n) is 4.40. The minimum Gasteiger partial charge on any atom is -0.352 e. The highest BCUT2D eigenvalue weighted by Crippen LogP contribution is 2.28. The first-order valence-electron chi connectivity index (χ1n) is 12.9. The van der Waals surface area contributed by atoms with Crippen LogP contribution in [-0.2, 0) is 26.2 Å². The van der Waals surface area contributed by atoms with Crippen molar-refractivity contribution in [1.29, 1.82) is 0 Å². The second-order valence-corrected chi connectivity index (χ2v) is 12.1. The van der Waals surface area contributed by atoms with E-state index in [1.807, 2.05) is 46.8 Å². The first-order valence-corrected chi connectivity index (χ1v) is 14.7. The average Bonchev–Trinajstić information content (AvgIpc) is 2.88. The van der Waals surface area contributed by atoms with E-state index in [2.05, 4.69) is 5.32 Å². The molecule has 3 aromatic carbocycles. The molecule has 0 aliphatic carbocycles. The molecule has 7 nitrogen and oxygen atoms in total. The van der Waals surface area contributed by atoms with Gasteiger partial charge in [0.25, 0.3) is 10.0 Å². The first-order chi connectivity index (χ1) is 18.4. The average molecular weight is 570 g/mol. The van der Waals surface area contributed by atoms with Crippen LogP contribution in [-0.4, -0.2) is 43.8 Å². The van der Waals surface area contributed by atoms with Gasteiger partial charge < -0.3 is 10.2 Å². The van der Waals surface area contributed by atoms with E-state index in [9.17, 15) is 18.0 Å². The molecule has 3 aromatic rings. The van der Waals surface area contributed by atoms with Crippen molar-refractivity contribution in [1.82, 2.24) is 10.2 Å². The highest BCUT2D eigenvalue weighted by atomic mass is 35.5. The quantitative estimate of drug-likeness (QED) is 0.331. The van der Waals surface area contributed by atoms with Gasteiger partial charge in [-0.3, -0.25) is 13.9 Å². The summed E-state index contributed by atoms with van der Waals surface area (Å²) in [7, 11) is -4.10. The normalized spacial score (nSPS) is 12.2. The Kier molecular flexibility index (Phi) is 10.2. The highest BCUT2D eigenvalue weighted by molar-refractivity contribution is 7.92. The second-order valence-electron chi connectivity index (χ2n) is 9.85. The maximum absolute atomic E-state index is 14.1. The molecule has 0 saturated carbocycles. The summed E-state index contributed by atoms with van der Waals surface area (Å²) < 4.78 is 28.9. The fraction of sp³-hybridized carbons (Fsp3) is 0.333. The number of hydrogen-bond acceptors (Lipinski definition) is 4. The lowest BCUT2D eigenvalue weighted by atomic mass is 10.1. The minimum atomic E-state index is -4.10. The van der Waals surface area contributed by atoms with Gasteiger partial charge in [0.1, 0.15) is 12.6 Å². The van der Waals surface area contributed by atoms with Gasteiger partial charge in [-0.2, -0.15) is 0 Å².